The van der Waals surface area contributed by atoms with Crippen LogP contribution in [0.2, 0.25) is 0 Å². The Hall–Kier alpha value is -1.09. The first-order valence-corrected chi connectivity index (χ1v) is 9.48. The smallest absolute Gasteiger partial charge is 0.00873 e. The molecule has 3 aliphatic carbocycles. The molecule has 0 aromatic heterocycles. The van der Waals surface area contributed by atoms with Crippen molar-refractivity contribution in [2.24, 2.45) is 17.3 Å². The minimum Gasteiger partial charge on any atom is -0.0991 e. The molecule has 0 nitrogen and oxygen atoms in total. The maximum atomic E-state index is 3.82. The van der Waals surface area contributed by atoms with Gasteiger partial charge in [-0.2, -0.15) is 0 Å². The highest BCUT2D eigenvalue weighted by atomic mass is 127. The average Bonchev–Trinajstić information content (AvgIpc) is 2.73. The minimum absolute atomic E-state index is 0.192. The van der Waals surface area contributed by atoms with E-state index in [0.29, 0.717) is 11.8 Å². The normalized spacial score (nSPS) is 29.3. The van der Waals surface area contributed by atoms with Crippen molar-refractivity contribution in [2.75, 3.05) is 0 Å². The lowest BCUT2D eigenvalue weighted by molar-refractivity contribution is 0.325. The van der Waals surface area contributed by atoms with Crippen LogP contribution in [0.1, 0.15) is 33.6 Å². The van der Waals surface area contributed by atoms with Gasteiger partial charge >= 0.3 is 0 Å². The van der Waals surface area contributed by atoms with E-state index in [1.54, 1.807) is 5.57 Å². The van der Waals surface area contributed by atoms with E-state index in [4.69, 9.17) is 0 Å². The molecule has 0 fully saturated rings. The van der Waals surface area contributed by atoms with Gasteiger partial charge in [-0.1, -0.05) is 74.6 Å². The molecule has 0 radical (unpaired) electrons. The van der Waals surface area contributed by atoms with Gasteiger partial charge in [0.05, 0.1) is 0 Å². The third kappa shape index (κ3) is 3.00. The van der Waals surface area contributed by atoms with Crippen molar-refractivity contribution in [1.29, 1.82) is 0 Å². The summed E-state index contributed by atoms with van der Waals surface area (Å²) in [6.07, 6.45) is 20.3. The van der Waals surface area contributed by atoms with Gasteiger partial charge in [-0.25, -0.2) is 0 Å². The molecule has 0 saturated carbocycles. The molecule has 3 rings (SSSR count). The van der Waals surface area contributed by atoms with Crippen LogP contribution in [0.5, 0.6) is 0 Å². The summed E-state index contributed by atoms with van der Waals surface area (Å²) in [5.41, 5.74) is 6.24. The summed E-state index contributed by atoms with van der Waals surface area (Å²) in [5, 5.41) is 0. The predicted octanol–water partition coefficient (Wildman–Crippen LogP) is 6.85. The topological polar surface area (TPSA) is 0 Å². The highest BCUT2D eigenvalue weighted by molar-refractivity contribution is 14.1. The van der Waals surface area contributed by atoms with Crippen LogP contribution in [0, 0.1) is 17.3 Å². The number of hydrogen-bond donors (Lipinski definition) is 0. The van der Waals surface area contributed by atoms with E-state index in [1.165, 1.54) is 26.7 Å². The molecule has 0 amide bonds. The van der Waals surface area contributed by atoms with E-state index in [-0.39, 0.29) is 5.41 Å². The molecule has 0 aliphatic heterocycles. The summed E-state index contributed by atoms with van der Waals surface area (Å²) in [6.45, 7) is 10.9. The fraction of sp³-hybridized carbons (Fsp3) is 0.364. The second kappa shape index (κ2) is 6.43. The molecule has 0 heterocycles. The van der Waals surface area contributed by atoms with Gasteiger partial charge in [0.15, 0.2) is 0 Å². The Morgan fingerprint density at radius 1 is 1.30 bits per heavy atom. The molecular weight excluding hydrogens is 391 g/mol. The van der Waals surface area contributed by atoms with Gasteiger partial charge in [-0.05, 0) is 70.4 Å². The maximum Gasteiger partial charge on any atom is 0.00873 e. The van der Waals surface area contributed by atoms with Gasteiger partial charge < -0.3 is 0 Å². The molecule has 120 valence electrons. The van der Waals surface area contributed by atoms with Crippen LogP contribution >= 0.6 is 22.6 Å². The van der Waals surface area contributed by atoms with Crippen molar-refractivity contribution < 1.29 is 0 Å². The van der Waals surface area contributed by atoms with E-state index < -0.39 is 0 Å². The lowest BCUT2D eigenvalue weighted by atomic mass is 9.69. The summed E-state index contributed by atoms with van der Waals surface area (Å²) in [4.78, 5) is 0. The molecule has 1 heteroatoms. The van der Waals surface area contributed by atoms with Gasteiger partial charge in [0.2, 0.25) is 0 Å². The molecule has 0 saturated heterocycles. The van der Waals surface area contributed by atoms with E-state index in [1.807, 2.05) is 6.08 Å². The molecule has 0 aromatic carbocycles. The van der Waals surface area contributed by atoms with Crippen LogP contribution < -0.4 is 0 Å². The van der Waals surface area contributed by atoms with E-state index in [0.717, 1.165) is 6.42 Å². The first-order valence-electron chi connectivity index (χ1n) is 8.40. The number of halogens is 1. The predicted molar refractivity (Wildman–Crippen MR) is 109 cm³/mol. The Bertz CT molecular complexity index is 704. The van der Waals surface area contributed by atoms with Crippen LogP contribution in [-0.4, -0.2) is 0 Å². The molecule has 0 aromatic rings. The summed E-state index contributed by atoms with van der Waals surface area (Å²) < 4.78 is 1.36. The molecule has 23 heavy (non-hydrogen) atoms. The molecule has 3 aliphatic rings. The highest BCUT2D eigenvalue weighted by Gasteiger charge is 2.43. The van der Waals surface area contributed by atoms with E-state index in [2.05, 4.69) is 92.5 Å². The highest BCUT2D eigenvalue weighted by Crippen LogP contribution is 2.55. The van der Waals surface area contributed by atoms with Gasteiger partial charge in [0.1, 0.15) is 0 Å². The van der Waals surface area contributed by atoms with Crippen LogP contribution in [0.15, 0.2) is 81.1 Å². The van der Waals surface area contributed by atoms with Crippen molar-refractivity contribution in [1.82, 2.24) is 0 Å². The van der Waals surface area contributed by atoms with Crippen molar-refractivity contribution in [3.63, 3.8) is 0 Å². The van der Waals surface area contributed by atoms with Crippen molar-refractivity contribution in [3.8, 4) is 0 Å². The summed E-state index contributed by atoms with van der Waals surface area (Å²) in [7, 11) is 0. The number of allylic oxidation sites excluding steroid dienone is 13. The molecule has 0 spiro atoms. The maximum absolute atomic E-state index is 3.82. The Labute approximate surface area is 154 Å². The quantitative estimate of drug-likeness (QED) is 0.349. The fourth-order valence-electron chi connectivity index (χ4n) is 4.23. The van der Waals surface area contributed by atoms with Gasteiger partial charge in [0.25, 0.3) is 0 Å². The van der Waals surface area contributed by atoms with Crippen molar-refractivity contribution in [2.45, 2.75) is 33.6 Å². The minimum atomic E-state index is 0.192. The number of hydrogen-bond acceptors (Lipinski definition) is 0. The standard InChI is InChI=1S/C22H25I/c1-5-6-7-20-15(2)19-13-10-17(14-21(19)22(20,3)4)16-8-11-18(23)12-9-16/h5-8,10-13,16,21H,1,9,14H2,2-4H3/b7-6-. The van der Waals surface area contributed by atoms with E-state index >= 15 is 0 Å². The van der Waals surface area contributed by atoms with Crippen molar-refractivity contribution in [3.05, 3.63) is 81.1 Å². The molecular formula is C22H25I. The first kappa shape index (κ1) is 16.8. The average molecular weight is 416 g/mol. The van der Waals surface area contributed by atoms with Gasteiger partial charge in [0, 0.05) is 9.50 Å². The second-order valence-corrected chi connectivity index (χ2v) is 8.51. The Kier molecular flexibility index (Phi) is 4.68. The summed E-state index contributed by atoms with van der Waals surface area (Å²) in [6, 6.07) is 0. The van der Waals surface area contributed by atoms with Crippen molar-refractivity contribution >= 4 is 22.6 Å². The summed E-state index contributed by atoms with van der Waals surface area (Å²) >= 11 is 2.41. The lowest BCUT2D eigenvalue weighted by Gasteiger charge is -2.34. The molecule has 2 unspecified atom stereocenters. The third-order valence-corrected chi connectivity index (χ3v) is 6.42. The Morgan fingerprint density at radius 3 is 2.74 bits per heavy atom. The third-order valence-electron chi connectivity index (χ3n) is 5.62. The Balaban J connectivity index is 1.91. The molecule has 0 N–H and O–H groups in total. The first-order chi connectivity index (χ1) is 10.9. The lowest BCUT2D eigenvalue weighted by Crippen LogP contribution is -2.25. The molecule has 2 atom stereocenters. The number of rotatable bonds is 3. The summed E-state index contributed by atoms with van der Waals surface area (Å²) in [5.74, 6) is 1.18. The van der Waals surface area contributed by atoms with Crippen LogP contribution in [0.4, 0.5) is 0 Å². The zero-order chi connectivity index (χ0) is 16.6. The van der Waals surface area contributed by atoms with Crippen LogP contribution in [0.25, 0.3) is 0 Å². The fourth-order valence-corrected chi connectivity index (χ4v) is 4.69. The van der Waals surface area contributed by atoms with Crippen LogP contribution in [-0.2, 0) is 0 Å². The SMILES string of the molecule is C=C/C=C\C1=C(C)C2=CC=C(C3C=CC(I)=CC3)CC2C1(C)C. The second-order valence-electron chi connectivity index (χ2n) is 7.27. The van der Waals surface area contributed by atoms with Gasteiger partial charge in [-0.3, -0.25) is 0 Å². The Morgan fingerprint density at radius 2 is 2.09 bits per heavy atom. The van der Waals surface area contributed by atoms with Crippen LogP contribution in [0.3, 0.4) is 0 Å². The zero-order valence-electron chi connectivity index (χ0n) is 14.3. The van der Waals surface area contributed by atoms with Gasteiger partial charge in [-0.15, -0.1) is 0 Å². The zero-order valence-corrected chi connectivity index (χ0v) is 16.4. The monoisotopic (exact) mass is 416 g/mol. The molecule has 0 bridgehead atoms. The van der Waals surface area contributed by atoms with E-state index in [9.17, 15) is 0 Å². The number of fused-ring (bicyclic) bond motifs is 1. The largest absolute Gasteiger partial charge is 0.0991 e.